The van der Waals surface area contributed by atoms with Crippen molar-refractivity contribution in [3.63, 3.8) is 0 Å². The van der Waals surface area contributed by atoms with Crippen LogP contribution in [0, 0.1) is 0 Å². The molecule has 14 heavy (non-hydrogen) atoms. The third kappa shape index (κ3) is 1.67. The van der Waals surface area contributed by atoms with Crippen LogP contribution in [0.3, 0.4) is 0 Å². The monoisotopic (exact) mass is 202 g/mol. The van der Waals surface area contributed by atoms with Crippen LogP contribution in [-0.4, -0.2) is 38.0 Å². The van der Waals surface area contributed by atoms with E-state index in [2.05, 4.69) is 0 Å². The second-order valence-corrected chi connectivity index (χ2v) is 3.99. The molecule has 0 aromatic rings. The van der Waals surface area contributed by atoms with E-state index in [4.69, 9.17) is 18.9 Å². The van der Waals surface area contributed by atoms with Gasteiger partial charge in [-0.05, 0) is 26.7 Å². The molecule has 0 saturated carbocycles. The maximum absolute atomic E-state index is 5.64. The van der Waals surface area contributed by atoms with Crippen LogP contribution >= 0.6 is 0 Å². The SMILES string of the molecule is CC1(C2(C)OCCCO2)OCCCO1. The fourth-order valence-corrected chi connectivity index (χ4v) is 1.79. The standard InChI is InChI=1S/C10H18O4/c1-9(11-5-3-6-12-9)10(2)13-7-4-8-14-10/h3-8H2,1-2H3. The molecule has 2 fully saturated rings. The summed E-state index contributed by atoms with van der Waals surface area (Å²) in [6.45, 7) is 6.60. The van der Waals surface area contributed by atoms with Crippen LogP contribution in [0.2, 0.25) is 0 Å². The van der Waals surface area contributed by atoms with Gasteiger partial charge in [0.05, 0.1) is 26.4 Å². The third-order valence-electron chi connectivity index (χ3n) is 2.91. The van der Waals surface area contributed by atoms with Gasteiger partial charge < -0.3 is 18.9 Å². The summed E-state index contributed by atoms with van der Waals surface area (Å²) in [5.41, 5.74) is 0. The van der Waals surface area contributed by atoms with E-state index in [9.17, 15) is 0 Å². The van der Waals surface area contributed by atoms with Crippen molar-refractivity contribution in [2.45, 2.75) is 38.3 Å². The summed E-state index contributed by atoms with van der Waals surface area (Å²) in [5.74, 6) is -1.52. The molecule has 2 aliphatic rings. The van der Waals surface area contributed by atoms with Gasteiger partial charge in [0.25, 0.3) is 0 Å². The minimum Gasteiger partial charge on any atom is -0.345 e. The summed E-state index contributed by atoms with van der Waals surface area (Å²) in [6.07, 6.45) is 1.87. The van der Waals surface area contributed by atoms with Crippen LogP contribution in [0.1, 0.15) is 26.7 Å². The number of hydrogen-bond donors (Lipinski definition) is 0. The van der Waals surface area contributed by atoms with Crippen LogP contribution in [0.15, 0.2) is 0 Å². The van der Waals surface area contributed by atoms with Crippen molar-refractivity contribution in [2.24, 2.45) is 0 Å². The first-order valence-corrected chi connectivity index (χ1v) is 5.22. The van der Waals surface area contributed by atoms with Crippen molar-refractivity contribution >= 4 is 0 Å². The van der Waals surface area contributed by atoms with Crippen molar-refractivity contribution in [3.05, 3.63) is 0 Å². The van der Waals surface area contributed by atoms with E-state index in [-0.39, 0.29) is 0 Å². The molecule has 0 N–H and O–H groups in total. The highest BCUT2D eigenvalue weighted by Crippen LogP contribution is 2.36. The lowest BCUT2D eigenvalue weighted by molar-refractivity contribution is -0.420. The van der Waals surface area contributed by atoms with E-state index in [0.717, 1.165) is 12.8 Å². The molecule has 0 aromatic heterocycles. The highest BCUT2D eigenvalue weighted by molar-refractivity contribution is 4.85. The fourth-order valence-electron chi connectivity index (χ4n) is 1.79. The zero-order chi connectivity index (χ0) is 10.1. The molecule has 0 aliphatic carbocycles. The quantitative estimate of drug-likeness (QED) is 0.642. The Bertz CT molecular complexity index is 170. The molecule has 2 heterocycles. The van der Waals surface area contributed by atoms with Crippen molar-refractivity contribution in [1.82, 2.24) is 0 Å². The molecule has 4 heteroatoms. The summed E-state index contributed by atoms with van der Waals surface area (Å²) >= 11 is 0. The summed E-state index contributed by atoms with van der Waals surface area (Å²) in [4.78, 5) is 0. The highest BCUT2D eigenvalue weighted by Gasteiger charge is 2.51. The average molecular weight is 202 g/mol. The van der Waals surface area contributed by atoms with Gasteiger partial charge in [-0.15, -0.1) is 0 Å². The number of ether oxygens (including phenoxy) is 4. The Morgan fingerprint density at radius 2 is 0.929 bits per heavy atom. The molecule has 0 aromatic carbocycles. The van der Waals surface area contributed by atoms with Crippen molar-refractivity contribution in [1.29, 1.82) is 0 Å². The van der Waals surface area contributed by atoms with Crippen molar-refractivity contribution < 1.29 is 18.9 Å². The molecular formula is C10H18O4. The van der Waals surface area contributed by atoms with Crippen LogP contribution in [-0.2, 0) is 18.9 Å². The summed E-state index contributed by atoms with van der Waals surface area (Å²) in [7, 11) is 0. The highest BCUT2D eigenvalue weighted by atomic mass is 16.8. The molecule has 4 nitrogen and oxygen atoms in total. The Morgan fingerprint density at radius 3 is 1.21 bits per heavy atom. The Kier molecular flexibility index (Phi) is 2.79. The van der Waals surface area contributed by atoms with Gasteiger partial charge in [-0.1, -0.05) is 0 Å². The maximum atomic E-state index is 5.64. The van der Waals surface area contributed by atoms with E-state index >= 15 is 0 Å². The zero-order valence-corrected chi connectivity index (χ0v) is 8.88. The minimum absolute atomic E-state index is 0.707. The van der Waals surface area contributed by atoms with Crippen molar-refractivity contribution in [2.75, 3.05) is 26.4 Å². The molecule has 82 valence electrons. The van der Waals surface area contributed by atoms with E-state index < -0.39 is 11.6 Å². The zero-order valence-electron chi connectivity index (χ0n) is 8.88. The summed E-state index contributed by atoms with van der Waals surface area (Å²) < 4.78 is 22.5. The largest absolute Gasteiger partial charge is 0.345 e. The van der Waals surface area contributed by atoms with Gasteiger partial charge in [0.2, 0.25) is 11.6 Å². The fraction of sp³-hybridized carbons (Fsp3) is 1.00. The lowest BCUT2D eigenvalue weighted by atomic mass is 10.1. The summed E-state index contributed by atoms with van der Waals surface area (Å²) in [5, 5.41) is 0. The summed E-state index contributed by atoms with van der Waals surface area (Å²) in [6, 6.07) is 0. The Morgan fingerprint density at radius 1 is 0.643 bits per heavy atom. The Labute approximate surface area is 84.5 Å². The van der Waals surface area contributed by atoms with E-state index in [1.165, 1.54) is 0 Å². The van der Waals surface area contributed by atoms with Gasteiger partial charge in [0.15, 0.2) is 0 Å². The first-order valence-electron chi connectivity index (χ1n) is 5.22. The first-order chi connectivity index (χ1) is 6.66. The van der Waals surface area contributed by atoms with Gasteiger partial charge in [0.1, 0.15) is 0 Å². The lowest BCUT2D eigenvalue weighted by Gasteiger charge is -2.47. The second kappa shape index (κ2) is 3.77. The van der Waals surface area contributed by atoms with E-state index in [0.29, 0.717) is 26.4 Å². The Balaban J connectivity index is 2.09. The molecule has 0 radical (unpaired) electrons. The van der Waals surface area contributed by atoms with Gasteiger partial charge in [-0.2, -0.15) is 0 Å². The molecule has 2 aliphatic heterocycles. The molecule has 0 atom stereocenters. The third-order valence-corrected chi connectivity index (χ3v) is 2.91. The number of hydrogen-bond acceptors (Lipinski definition) is 4. The molecule has 2 saturated heterocycles. The number of rotatable bonds is 1. The minimum atomic E-state index is -0.758. The van der Waals surface area contributed by atoms with E-state index in [1.807, 2.05) is 13.8 Å². The molecule has 0 unspecified atom stereocenters. The molecule has 0 spiro atoms. The van der Waals surface area contributed by atoms with Crippen LogP contribution in [0.25, 0.3) is 0 Å². The normalized spacial score (nSPS) is 31.3. The van der Waals surface area contributed by atoms with E-state index in [1.54, 1.807) is 0 Å². The van der Waals surface area contributed by atoms with Crippen LogP contribution in [0.4, 0.5) is 0 Å². The first kappa shape index (κ1) is 10.4. The molecular weight excluding hydrogens is 184 g/mol. The van der Waals surface area contributed by atoms with Gasteiger partial charge >= 0.3 is 0 Å². The Hall–Kier alpha value is -0.160. The van der Waals surface area contributed by atoms with Gasteiger partial charge in [0, 0.05) is 0 Å². The lowest BCUT2D eigenvalue weighted by Crippen LogP contribution is -2.60. The van der Waals surface area contributed by atoms with Crippen LogP contribution < -0.4 is 0 Å². The predicted molar refractivity (Wildman–Crippen MR) is 49.9 cm³/mol. The molecule has 0 bridgehead atoms. The predicted octanol–water partition coefficient (Wildman–Crippen LogP) is 1.29. The maximum Gasteiger partial charge on any atom is 0.220 e. The second-order valence-electron chi connectivity index (χ2n) is 3.99. The smallest absolute Gasteiger partial charge is 0.220 e. The molecule has 2 rings (SSSR count). The van der Waals surface area contributed by atoms with Crippen LogP contribution in [0.5, 0.6) is 0 Å². The van der Waals surface area contributed by atoms with Gasteiger partial charge in [-0.3, -0.25) is 0 Å². The molecule has 0 amide bonds. The van der Waals surface area contributed by atoms with Gasteiger partial charge in [-0.25, -0.2) is 0 Å². The van der Waals surface area contributed by atoms with Crippen molar-refractivity contribution in [3.8, 4) is 0 Å². The average Bonchev–Trinajstić information content (AvgIpc) is 2.20. The topological polar surface area (TPSA) is 36.9 Å².